The third kappa shape index (κ3) is 8.71. The minimum Gasteiger partial charge on any atom is -0.493 e. The van der Waals surface area contributed by atoms with Gasteiger partial charge in [0.1, 0.15) is 18.1 Å². The normalized spacial score (nSPS) is 13.5. The van der Waals surface area contributed by atoms with E-state index in [0.29, 0.717) is 47.2 Å². The Kier molecular flexibility index (Phi) is 10.8. The van der Waals surface area contributed by atoms with Crippen molar-refractivity contribution in [1.82, 2.24) is 9.80 Å². The molecule has 0 unspecified atom stereocenters. The van der Waals surface area contributed by atoms with Crippen LogP contribution < -0.4 is 9.47 Å². The van der Waals surface area contributed by atoms with E-state index in [1.54, 1.807) is 30.3 Å². The van der Waals surface area contributed by atoms with E-state index in [4.69, 9.17) is 26.2 Å². The highest BCUT2D eigenvalue weighted by atomic mass is 35.5. The van der Waals surface area contributed by atoms with Crippen LogP contribution in [-0.4, -0.2) is 77.7 Å². The summed E-state index contributed by atoms with van der Waals surface area (Å²) < 4.78 is 12.1. The Morgan fingerprint density at radius 3 is 2.26 bits per heavy atom. The Bertz CT molecular complexity index is 1400. The van der Waals surface area contributed by atoms with Gasteiger partial charge in [0.25, 0.3) is 5.91 Å². The van der Waals surface area contributed by atoms with Crippen molar-refractivity contribution in [3.8, 4) is 22.6 Å². The zero-order valence-corrected chi connectivity index (χ0v) is 24.3. The molecule has 0 aliphatic carbocycles. The van der Waals surface area contributed by atoms with Crippen LogP contribution in [0.15, 0.2) is 60.7 Å². The van der Waals surface area contributed by atoms with E-state index >= 15 is 0 Å². The summed E-state index contributed by atoms with van der Waals surface area (Å²) in [6, 6.07) is 18.2. The van der Waals surface area contributed by atoms with Crippen molar-refractivity contribution < 1.29 is 34.1 Å². The Labute approximate surface area is 250 Å². The highest BCUT2D eigenvalue weighted by Gasteiger charge is 2.22. The molecule has 2 N–H and O–H groups in total. The van der Waals surface area contributed by atoms with E-state index in [0.717, 1.165) is 29.8 Å². The van der Waals surface area contributed by atoms with Crippen LogP contribution in [0.5, 0.6) is 11.5 Å². The number of hydrogen-bond acceptors (Lipinski definition) is 6. The minimum absolute atomic E-state index is 0.0214. The molecule has 10 heteroatoms. The first-order valence-electron chi connectivity index (χ1n) is 13.9. The van der Waals surface area contributed by atoms with Gasteiger partial charge in [0.15, 0.2) is 0 Å². The van der Waals surface area contributed by atoms with Gasteiger partial charge >= 0.3 is 11.9 Å². The predicted octanol–water partition coefficient (Wildman–Crippen LogP) is 5.23. The number of piperazine rings is 1. The van der Waals surface area contributed by atoms with Crippen molar-refractivity contribution in [1.29, 1.82) is 0 Å². The van der Waals surface area contributed by atoms with Crippen molar-refractivity contribution in [2.45, 2.75) is 32.3 Å². The quantitative estimate of drug-likeness (QED) is 0.258. The molecule has 0 bridgehead atoms. The Balaban J connectivity index is 1.60. The maximum Gasteiger partial charge on any atom is 0.303 e. The van der Waals surface area contributed by atoms with E-state index in [1.165, 1.54) is 0 Å². The van der Waals surface area contributed by atoms with Crippen LogP contribution in [0.1, 0.15) is 40.7 Å². The van der Waals surface area contributed by atoms with E-state index in [1.807, 2.05) is 42.3 Å². The maximum absolute atomic E-state index is 13.5. The molecule has 3 aromatic rings. The molecule has 222 valence electrons. The Hall–Kier alpha value is -4.08. The molecule has 1 fully saturated rings. The summed E-state index contributed by atoms with van der Waals surface area (Å²) in [6.07, 6.45) is 0.432. The third-order valence-corrected chi connectivity index (χ3v) is 7.38. The van der Waals surface area contributed by atoms with Gasteiger partial charge in [-0.25, -0.2) is 0 Å². The second-order valence-electron chi connectivity index (χ2n) is 10.3. The predicted molar refractivity (Wildman–Crippen MR) is 159 cm³/mol. The van der Waals surface area contributed by atoms with Gasteiger partial charge in [-0.2, -0.15) is 0 Å². The summed E-state index contributed by atoms with van der Waals surface area (Å²) >= 11 is 6.11. The van der Waals surface area contributed by atoms with E-state index < -0.39 is 11.9 Å². The molecule has 1 amide bonds. The molecule has 1 aliphatic heterocycles. The number of carboxylic acids is 2. The molecule has 1 saturated heterocycles. The number of hydrogen-bond donors (Lipinski definition) is 2. The number of amides is 1. The number of carboxylic acid groups (broad SMARTS) is 2. The Morgan fingerprint density at radius 2 is 1.57 bits per heavy atom. The summed E-state index contributed by atoms with van der Waals surface area (Å²) in [7, 11) is 2.04. The molecule has 9 nitrogen and oxygen atoms in total. The molecule has 1 heterocycles. The highest BCUT2D eigenvalue weighted by Crippen LogP contribution is 2.30. The number of nitrogens with zero attached hydrogens (tertiary/aromatic N) is 2. The average molecular weight is 595 g/mol. The Morgan fingerprint density at radius 1 is 0.857 bits per heavy atom. The fraction of sp³-hybridized carbons (Fsp3) is 0.344. The van der Waals surface area contributed by atoms with E-state index in [9.17, 15) is 19.5 Å². The van der Waals surface area contributed by atoms with Gasteiger partial charge in [-0.3, -0.25) is 14.4 Å². The molecular formula is C32H35ClN2O7. The van der Waals surface area contributed by atoms with Crippen LogP contribution in [0.25, 0.3) is 11.1 Å². The second kappa shape index (κ2) is 14.7. The summed E-state index contributed by atoms with van der Waals surface area (Å²) in [5, 5.41) is 18.8. The van der Waals surface area contributed by atoms with Crippen molar-refractivity contribution in [3.05, 3.63) is 82.4 Å². The minimum atomic E-state index is -0.940. The molecular weight excluding hydrogens is 560 g/mol. The largest absolute Gasteiger partial charge is 0.493 e. The first-order valence-corrected chi connectivity index (χ1v) is 14.3. The zero-order chi connectivity index (χ0) is 30.1. The molecule has 0 saturated carbocycles. The lowest BCUT2D eigenvalue weighted by Crippen LogP contribution is -2.47. The van der Waals surface area contributed by atoms with Crippen molar-refractivity contribution in [2.24, 2.45) is 0 Å². The number of carbonyl (C=O) groups is 3. The molecule has 4 rings (SSSR count). The third-order valence-electron chi connectivity index (χ3n) is 7.13. The smallest absolute Gasteiger partial charge is 0.303 e. The number of benzene rings is 3. The van der Waals surface area contributed by atoms with Crippen LogP contribution in [0.2, 0.25) is 5.02 Å². The number of rotatable bonds is 13. The van der Waals surface area contributed by atoms with Crippen LogP contribution in [0, 0.1) is 0 Å². The van der Waals surface area contributed by atoms with Gasteiger partial charge in [-0.15, -0.1) is 0 Å². The summed E-state index contributed by atoms with van der Waals surface area (Å²) in [6.45, 7) is 3.20. The number of ether oxygens (including phenoxy) is 2. The summed E-state index contributed by atoms with van der Waals surface area (Å²) in [4.78, 5) is 39.8. The SMILES string of the molecule is CN1CCN(C(=O)c2cc(OCc3cccc(OCCCC(=O)O)c3CCC(=O)O)cc(-c3ccc(Cl)cc3)c2)CC1. The lowest BCUT2D eigenvalue weighted by Gasteiger charge is -2.32. The van der Waals surface area contributed by atoms with Gasteiger partial charge in [0.05, 0.1) is 6.61 Å². The van der Waals surface area contributed by atoms with Gasteiger partial charge in [-0.1, -0.05) is 35.9 Å². The first-order chi connectivity index (χ1) is 20.2. The standard InChI is InChI=1S/C32H35ClN2O7/c1-34-13-15-35(16-14-34)32(40)25-18-24(22-7-9-26(33)10-8-22)19-27(20-25)42-21-23-4-2-5-29(28(23)11-12-31(38)39)41-17-3-6-30(36)37/h2,4-5,7-10,18-20H,3,6,11-17,21H2,1H3,(H,36,37)(H,38,39). The van der Waals surface area contributed by atoms with Gasteiger partial charge in [-0.05, 0) is 73.0 Å². The molecule has 0 spiro atoms. The highest BCUT2D eigenvalue weighted by molar-refractivity contribution is 6.30. The van der Waals surface area contributed by atoms with Crippen molar-refractivity contribution >= 4 is 29.4 Å². The molecule has 0 atom stereocenters. The van der Waals surface area contributed by atoms with Gasteiger partial charge < -0.3 is 29.5 Å². The second-order valence-corrected chi connectivity index (χ2v) is 10.7. The molecule has 0 radical (unpaired) electrons. The van der Waals surface area contributed by atoms with Crippen LogP contribution in [-0.2, 0) is 22.6 Å². The van der Waals surface area contributed by atoms with Crippen LogP contribution in [0.3, 0.4) is 0 Å². The molecule has 0 aromatic heterocycles. The molecule has 3 aromatic carbocycles. The summed E-state index contributed by atoms with van der Waals surface area (Å²) in [5.41, 5.74) is 3.65. The van der Waals surface area contributed by atoms with Crippen LogP contribution in [0.4, 0.5) is 0 Å². The summed E-state index contributed by atoms with van der Waals surface area (Å²) in [5.74, 6) is -0.911. The van der Waals surface area contributed by atoms with Gasteiger partial charge in [0.2, 0.25) is 0 Å². The lowest BCUT2D eigenvalue weighted by atomic mass is 10.0. The number of aliphatic carboxylic acids is 2. The van der Waals surface area contributed by atoms with E-state index in [-0.39, 0.29) is 38.4 Å². The zero-order valence-electron chi connectivity index (χ0n) is 23.6. The van der Waals surface area contributed by atoms with Crippen molar-refractivity contribution in [3.63, 3.8) is 0 Å². The van der Waals surface area contributed by atoms with Crippen LogP contribution >= 0.6 is 11.6 Å². The average Bonchev–Trinajstić information content (AvgIpc) is 2.97. The number of likely N-dealkylation sites (N-methyl/N-ethyl adjacent to an activating group) is 1. The lowest BCUT2D eigenvalue weighted by molar-refractivity contribution is -0.138. The fourth-order valence-electron chi connectivity index (χ4n) is 4.77. The first kappa shape index (κ1) is 30.9. The number of carbonyl (C=O) groups excluding carboxylic acids is 1. The van der Waals surface area contributed by atoms with E-state index in [2.05, 4.69) is 4.90 Å². The monoisotopic (exact) mass is 594 g/mol. The maximum atomic E-state index is 13.5. The number of halogens is 1. The molecule has 42 heavy (non-hydrogen) atoms. The van der Waals surface area contributed by atoms with Crippen molar-refractivity contribution in [2.75, 3.05) is 39.8 Å². The topological polar surface area (TPSA) is 117 Å². The molecule has 1 aliphatic rings. The van der Waals surface area contributed by atoms with Gasteiger partial charge in [0, 0.05) is 55.2 Å². The fourth-order valence-corrected chi connectivity index (χ4v) is 4.90.